The molecular formula is C23H23F3N4O2. The van der Waals surface area contributed by atoms with Crippen LogP contribution in [0.1, 0.15) is 49.4 Å². The third-order valence-electron chi connectivity index (χ3n) is 4.91. The molecule has 32 heavy (non-hydrogen) atoms. The average Bonchev–Trinajstić information content (AvgIpc) is 2.68. The number of benzene rings is 2. The summed E-state index contributed by atoms with van der Waals surface area (Å²) in [7, 11) is 0. The number of carbonyl (C=O) groups excluding carboxylic acids is 2. The molecule has 0 aliphatic carbocycles. The second kappa shape index (κ2) is 8.54. The van der Waals surface area contributed by atoms with E-state index in [-0.39, 0.29) is 36.0 Å². The van der Waals surface area contributed by atoms with Crippen molar-refractivity contribution in [2.45, 2.75) is 51.9 Å². The minimum atomic E-state index is -4.55. The zero-order valence-electron chi connectivity index (χ0n) is 17.9. The fourth-order valence-electron chi connectivity index (χ4n) is 3.49. The molecule has 6 nitrogen and oxygen atoms in total. The van der Waals surface area contributed by atoms with Crippen LogP contribution in [0.15, 0.2) is 36.4 Å². The lowest BCUT2D eigenvalue weighted by atomic mass is 9.98. The predicted molar refractivity (Wildman–Crippen MR) is 114 cm³/mol. The number of carbonyl (C=O) groups is 2. The summed E-state index contributed by atoms with van der Waals surface area (Å²) in [6.45, 7) is 5.40. The van der Waals surface area contributed by atoms with E-state index >= 15 is 0 Å². The molecule has 1 heterocycles. The van der Waals surface area contributed by atoms with Gasteiger partial charge in [0.15, 0.2) is 0 Å². The molecule has 1 aliphatic rings. The zero-order chi connectivity index (χ0) is 23.7. The van der Waals surface area contributed by atoms with Gasteiger partial charge in [-0.1, -0.05) is 0 Å². The summed E-state index contributed by atoms with van der Waals surface area (Å²) in [4.78, 5) is 26.1. The molecule has 0 spiro atoms. The summed E-state index contributed by atoms with van der Waals surface area (Å²) in [6, 6.07) is 9.43. The molecule has 2 N–H and O–H groups in total. The van der Waals surface area contributed by atoms with Gasteiger partial charge in [-0.15, -0.1) is 0 Å². The van der Waals surface area contributed by atoms with E-state index in [1.54, 1.807) is 18.2 Å². The normalized spacial score (nSPS) is 13.9. The van der Waals surface area contributed by atoms with Gasteiger partial charge in [0.2, 0.25) is 5.91 Å². The third-order valence-corrected chi connectivity index (χ3v) is 4.91. The average molecular weight is 444 g/mol. The molecule has 9 heteroatoms. The van der Waals surface area contributed by atoms with Gasteiger partial charge in [0.05, 0.1) is 23.7 Å². The van der Waals surface area contributed by atoms with Crippen molar-refractivity contribution in [3.8, 4) is 6.07 Å². The molecule has 168 valence electrons. The standard InChI is InChI=1S/C23H23F3N4O2/c1-22(2,3)29-21(32)28-18-7-8-19-14(11-18)5-9-20(31)30(19)13-16-10-17(23(24,25)26)6-4-15(16)12-27/h4,6-8,10-11H,5,9,13H2,1-3H3,(H2,28,29,32). The predicted octanol–water partition coefficient (Wildman–Crippen LogP) is 4.98. The lowest BCUT2D eigenvalue weighted by Gasteiger charge is -2.30. The van der Waals surface area contributed by atoms with Crippen LogP contribution in [0.2, 0.25) is 0 Å². The monoisotopic (exact) mass is 444 g/mol. The molecule has 1 aliphatic heterocycles. The van der Waals surface area contributed by atoms with Gasteiger partial charge in [-0.25, -0.2) is 4.79 Å². The van der Waals surface area contributed by atoms with Crippen molar-refractivity contribution in [2.24, 2.45) is 0 Å². The Hall–Kier alpha value is -3.54. The van der Waals surface area contributed by atoms with Gasteiger partial charge < -0.3 is 15.5 Å². The Labute approximate surface area is 184 Å². The van der Waals surface area contributed by atoms with Crippen molar-refractivity contribution in [3.05, 3.63) is 58.7 Å². The van der Waals surface area contributed by atoms with Gasteiger partial charge in [-0.05, 0) is 74.7 Å². The van der Waals surface area contributed by atoms with Crippen LogP contribution in [0.5, 0.6) is 0 Å². The van der Waals surface area contributed by atoms with Crippen molar-refractivity contribution in [1.82, 2.24) is 5.32 Å². The van der Waals surface area contributed by atoms with Crippen molar-refractivity contribution in [3.63, 3.8) is 0 Å². The van der Waals surface area contributed by atoms with Crippen LogP contribution >= 0.6 is 0 Å². The minimum Gasteiger partial charge on any atom is -0.333 e. The molecule has 2 aromatic rings. The smallest absolute Gasteiger partial charge is 0.333 e. The minimum absolute atomic E-state index is 0.0788. The number of alkyl halides is 3. The third kappa shape index (κ3) is 5.38. The molecule has 0 saturated heterocycles. The first-order valence-corrected chi connectivity index (χ1v) is 10.00. The number of rotatable bonds is 3. The Morgan fingerprint density at radius 2 is 1.84 bits per heavy atom. The molecule has 0 aromatic heterocycles. The maximum atomic E-state index is 13.1. The van der Waals surface area contributed by atoms with Gasteiger partial charge in [0.1, 0.15) is 0 Å². The summed E-state index contributed by atoms with van der Waals surface area (Å²) < 4.78 is 39.4. The van der Waals surface area contributed by atoms with Crippen LogP contribution in [-0.2, 0) is 23.9 Å². The highest BCUT2D eigenvalue weighted by molar-refractivity contribution is 5.97. The van der Waals surface area contributed by atoms with Crippen LogP contribution in [0.4, 0.5) is 29.3 Å². The van der Waals surface area contributed by atoms with Crippen molar-refractivity contribution in [2.75, 3.05) is 10.2 Å². The Balaban J connectivity index is 1.89. The summed E-state index contributed by atoms with van der Waals surface area (Å²) >= 11 is 0. The molecule has 3 amide bonds. The van der Waals surface area contributed by atoms with Gasteiger partial charge in [-0.3, -0.25) is 4.79 Å². The quantitative estimate of drug-likeness (QED) is 0.701. The lowest BCUT2D eigenvalue weighted by Crippen LogP contribution is -2.43. The van der Waals surface area contributed by atoms with Gasteiger partial charge >= 0.3 is 12.2 Å². The SMILES string of the molecule is CC(C)(C)NC(=O)Nc1ccc2c(c1)CCC(=O)N2Cc1cc(C(F)(F)F)ccc1C#N. The maximum Gasteiger partial charge on any atom is 0.416 e. The van der Waals surface area contributed by atoms with Crippen molar-refractivity contribution in [1.29, 1.82) is 5.26 Å². The number of hydrogen-bond acceptors (Lipinski definition) is 3. The first-order valence-electron chi connectivity index (χ1n) is 10.00. The summed E-state index contributed by atoms with van der Waals surface area (Å²) in [5.41, 5.74) is 0.778. The number of aryl methyl sites for hydroxylation is 1. The zero-order valence-corrected chi connectivity index (χ0v) is 17.9. The number of fused-ring (bicyclic) bond motifs is 1. The van der Waals surface area contributed by atoms with Crippen LogP contribution in [0, 0.1) is 11.3 Å². The Morgan fingerprint density at radius 3 is 2.47 bits per heavy atom. The molecule has 3 rings (SSSR count). The largest absolute Gasteiger partial charge is 0.416 e. The molecular weight excluding hydrogens is 421 g/mol. The highest BCUT2D eigenvalue weighted by atomic mass is 19.4. The van der Waals surface area contributed by atoms with Crippen LogP contribution in [0.25, 0.3) is 0 Å². The van der Waals surface area contributed by atoms with E-state index in [9.17, 15) is 28.0 Å². The molecule has 2 aromatic carbocycles. The molecule has 0 radical (unpaired) electrons. The number of nitriles is 1. The molecule has 0 fully saturated rings. The van der Waals surface area contributed by atoms with Crippen LogP contribution < -0.4 is 15.5 Å². The number of urea groups is 1. The summed E-state index contributed by atoms with van der Waals surface area (Å²) in [5.74, 6) is -0.245. The number of nitrogens with zero attached hydrogens (tertiary/aromatic N) is 2. The Bertz CT molecular complexity index is 1100. The van der Waals surface area contributed by atoms with Crippen molar-refractivity contribution < 1.29 is 22.8 Å². The fourth-order valence-corrected chi connectivity index (χ4v) is 3.49. The first kappa shape index (κ1) is 23.1. The summed E-state index contributed by atoms with van der Waals surface area (Å²) in [5, 5.41) is 14.9. The van der Waals surface area contributed by atoms with E-state index in [0.717, 1.165) is 23.8 Å². The highest BCUT2D eigenvalue weighted by Gasteiger charge is 2.32. The number of halogens is 3. The number of hydrogen-bond donors (Lipinski definition) is 2. The second-order valence-corrected chi connectivity index (χ2v) is 8.63. The Morgan fingerprint density at radius 1 is 1.12 bits per heavy atom. The Kier molecular flexibility index (Phi) is 6.17. The number of anilines is 2. The van der Waals surface area contributed by atoms with E-state index in [0.29, 0.717) is 17.8 Å². The van der Waals surface area contributed by atoms with Gasteiger partial charge in [0.25, 0.3) is 0 Å². The van der Waals surface area contributed by atoms with E-state index in [1.165, 1.54) is 4.90 Å². The highest BCUT2D eigenvalue weighted by Crippen LogP contribution is 2.34. The molecule has 0 bridgehead atoms. The first-order chi connectivity index (χ1) is 14.9. The molecule has 0 atom stereocenters. The topological polar surface area (TPSA) is 85.2 Å². The van der Waals surface area contributed by atoms with Crippen LogP contribution in [-0.4, -0.2) is 17.5 Å². The van der Waals surface area contributed by atoms with E-state index < -0.39 is 17.3 Å². The van der Waals surface area contributed by atoms with Gasteiger partial charge in [0, 0.05) is 23.3 Å². The van der Waals surface area contributed by atoms with Crippen LogP contribution in [0.3, 0.4) is 0 Å². The van der Waals surface area contributed by atoms with E-state index in [4.69, 9.17) is 0 Å². The van der Waals surface area contributed by atoms with Crippen molar-refractivity contribution >= 4 is 23.3 Å². The second-order valence-electron chi connectivity index (χ2n) is 8.63. The number of amides is 3. The number of nitrogens with one attached hydrogen (secondary N) is 2. The summed E-state index contributed by atoms with van der Waals surface area (Å²) in [6.07, 6.45) is -3.94. The fraction of sp³-hybridized carbons (Fsp3) is 0.348. The lowest BCUT2D eigenvalue weighted by molar-refractivity contribution is -0.137. The van der Waals surface area contributed by atoms with E-state index in [1.807, 2.05) is 26.8 Å². The van der Waals surface area contributed by atoms with E-state index in [2.05, 4.69) is 10.6 Å². The van der Waals surface area contributed by atoms with Gasteiger partial charge in [-0.2, -0.15) is 18.4 Å². The molecule has 0 unspecified atom stereocenters. The molecule has 0 saturated carbocycles. The maximum absolute atomic E-state index is 13.1.